The zero-order valence-corrected chi connectivity index (χ0v) is 10.1. The van der Waals surface area contributed by atoms with Crippen LogP contribution in [0.2, 0.25) is 19.1 Å². The van der Waals surface area contributed by atoms with Gasteiger partial charge in [0.25, 0.3) is 0 Å². The van der Waals surface area contributed by atoms with E-state index in [4.69, 9.17) is 0 Å². The predicted octanol–water partition coefficient (Wildman–Crippen LogP) is 4.01. The molecule has 0 aliphatic heterocycles. The van der Waals surface area contributed by atoms with E-state index in [1.54, 1.807) is 10.8 Å². The summed E-state index contributed by atoms with van der Waals surface area (Å²) in [7, 11) is -1.18. The third-order valence-electron chi connectivity index (χ3n) is 3.05. The highest BCUT2D eigenvalue weighted by molar-refractivity contribution is 6.85. The average molecular weight is 202 g/mol. The van der Waals surface area contributed by atoms with Crippen LogP contribution in [0.4, 0.5) is 0 Å². The number of hydrogen-bond donors (Lipinski definition) is 0. The third kappa shape index (κ3) is 1.98. The minimum Gasteiger partial charge on any atom is -0.0815 e. The van der Waals surface area contributed by atoms with Crippen LogP contribution >= 0.6 is 0 Å². The monoisotopic (exact) mass is 202 g/mol. The van der Waals surface area contributed by atoms with Crippen molar-refractivity contribution in [1.29, 1.82) is 0 Å². The molecule has 2 aliphatic carbocycles. The quantitative estimate of drug-likeness (QED) is 0.607. The first-order chi connectivity index (χ1) is 6.68. The van der Waals surface area contributed by atoms with Crippen molar-refractivity contribution in [3.63, 3.8) is 0 Å². The van der Waals surface area contributed by atoms with Crippen LogP contribution in [0.5, 0.6) is 0 Å². The standard InChI is InChI=1S/C13H18Si/c1-14(2,13-9-5-6-10-13)11-12-7-3-4-8-12/h3,5,7-10H,4,6,11H2,1-2H3. The molecule has 2 rings (SSSR count). The molecule has 0 spiro atoms. The van der Waals surface area contributed by atoms with Crippen LogP contribution in [-0.4, -0.2) is 8.07 Å². The van der Waals surface area contributed by atoms with Gasteiger partial charge in [0.05, 0.1) is 8.07 Å². The number of allylic oxidation sites excluding steroid dienone is 8. The van der Waals surface area contributed by atoms with Gasteiger partial charge in [-0.15, -0.1) is 0 Å². The van der Waals surface area contributed by atoms with Crippen molar-refractivity contribution in [3.8, 4) is 0 Å². The Morgan fingerprint density at radius 2 is 1.79 bits per heavy atom. The highest BCUT2D eigenvalue weighted by Crippen LogP contribution is 2.30. The molecule has 0 aromatic rings. The second-order valence-electron chi connectivity index (χ2n) is 4.78. The molecule has 14 heavy (non-hydrogen) atoms. The van der Waals surface area contributed by atoms with Crippen molar-refractivity contribution in [2.45, 2.75) is 32.0 Å². The number of rotatable bonds is 3. The summed E-state index contributed by atoms with van der Waals surface area (Å²) < 4.78 is 0. The topological polar surface area (TPSA) is 0 Å². The molecule has 1 heteroatoms. The van der Waals surface area contributed by atoms with Gasteiger partial charge in [-0.2, -0.15) is 0 Å². The summed E-state index contributed by atoms with van der Waals surface area (Å²) in [5, 5.41) is 1.64. The largest absolute Gasteiger partial charge is 0.0844 e. The maximum atomic E-state index is 2.47. The lowest BCUT2D eigenvalue weighted by Gasteiger charge is -2.23. The van der Waals surface area contributed by atoms with Gasteiger partial charge in [0.2, 0.25) is 0 Å². The van der Waals surface area contributed by atoms with Crippen LogP contribution in [0.25, 0.3) is 0 Å². The van der Waals surface area contributed by atoms with Crippen molar-refractivity contribution in [1.82, 2.24) is 0 Å². The van der Waals surface area contributed by atoms with Gasteiger partial charge in [-0.25, -0.2) is 0 Å². The lowest BCUT2D eigenvalue weighted by molar-refractivity contribution is 1.37. The zero-order chi connectivity index (χ0) is 10.0. The molecule has 0 heterocycles. The molecule has 0 aromatic carbocycles. The normalized spacial score (nSPS) is 20.1. The molecule has 0 aromatic heterocycles. The molecular formula is C13H18Si. The Balaban J connectivity index is 2.08. The maximum Gasteiger partial charge on any atom is 0.0844 e. The molecule has 0 radical (unpaired) electrons. The van der Waals surface area contributed by atoms with E-state index in [9.17, 15) is 0 Å². The first-order valence-electron chi connectivity index (χ1n) is 5.41. The third-order valence-corrected chi connectivity index (χ3v) is 6.27. The summed E-state index contributed by atoms with van der Waals surface area (Å²) in [5.41, 5.74) is 1.56. The Bertz CT molecular complexity index is 340. The van der Waals surface area contributed by atoms with Crippen LogP contribution < -0.4 is 0 Å². The summed E-state index contributed by atoms with van der Waals surface area (Å²) in [4.78, 5) is 0. The Hall–Kier alpha value is -0.823. The van der Waals surface area contributed by atoms with Crippen molar-refractivity contribution < 1.29 is 0 Å². The molecule has 0 fully saturated rings. The van der Waals surface area contributed by atoms with E-state index < -0.39 is 8.07 Å². The highest BCUT2D eigenvalue weighted by atomic mass is 28.3. The summed E-state index contributed by atoms with van der Waals surface area (Å²) in [6, 6.07) is 1.31. The van der Waals surface area contributed by atoms with Crippen LogP contribution in [0, 0.1) is 0 Å². The fraction of sp³-hybridized carbons (Fsp3) is 0.385. The molecule has 74 valence electrons. The fourth-order valence-corrected chi connectivity index (χ4v) is 4.94. The predicted molar refractivity (Wildman–Crippen MR) is 66.0 cm³/mol. The van der Waals surface area contributed by atoms with E-state index in [-0.39, 0.29) is 0 Å². The van der Waals surface area contributed by atoms with Crippen LogP contribution in [0.3, 0.4) is 0 Å². The summed E-state index contributed by atoms with van der Waals surface area (Å²) in [5.74, 6) is 0. The maximum absolute atomic E-state index is 2.47. The van der Waals surface area contributed by atoms with Crippen LogP contribution in [-0.2, 0) is 0 Å². The van der Waals surface area contributed by atoms with Crippen molar-refractivity contribution >= 4 is 8.07 Å². The Kier molecular flexibility index (Phi) is 2.59. The Morgan fingerprint density at radius 1 is 1.07 bits per heavy atom. The van der Waals surface area contributed by atoms with Crippen LogP contribution in [0.1, 0.15) is 12.8 Å². The van der Waals surface area contributed by atoms with E-state index in [0.717, 1.165) is 12.8 Å². The first kappa shape index (κ1) is 9.72. The SMILES string of the molecule is C[Si](C)(CC1=CCC=C1)C1=CCC=C1. The summed E-state index contributed by atoms with van der Waals surface area (Å²) in [6.45, 7) is 4.95. The highest BCUT2D eigenvalue weighted by Gasteiger charge is 2.26. The second kappa shape index (κ2) is 3.74. The van der Waals surface area contributed by atoms with Gasteiger partial charge in [-0.05, 0) is 18.9 Å². The van der Waals surface area contributed by atoms with E-state index in [2.05, 4.69) is 49.6 Å². The van der Waals surface area contributed by atoms with Gasteiger partial charge >= 0.3 is 0 Å². The van der Waals surface area contributed by atoms with Gasteiger partial charge in [0.15, 0.2) is 0 Å². The van der Waals surface area contributed by atoms with Crippen LogP contribution in [0.15, 0.2) is 47.2 Å². The van der Waals surface area contributed by atoms with Gasteiger partial charge in [-0.3, -0.25) is 0 Å². The first-order valence-corrected chi connectivity index (χ1v) is 8.62. The van der Waals surface area contributed by atoms with E-state index >= 15 is 0 Å². The zero-order valence-electron chi connectivity index (χ0n) is 9.09. The molecule has 0 bridgehead atoms. The smallest absolute Gasteiger partial charge is 0.0815 e. The minimum absolute atomic E-state index is 1.15. The molecular weight excluding hydrogens is 184 g/mol. The molecule has 0 N–H and O–H groups in total. The van der Waals surface area contributed by atoms with E-state index in [0.29, 0.717) is 0 Å². The fourth-order valence-electron chi connectivity index (χ4n) is 2.21. The molecule has 2 aliphatic rings. The van der Waals surface area contributed by atoms with Crippen molar-refractivity contribution in [3.05, 3.63) is 47.2 Å². The average Bonchev–Trinajstić information content (AvgIpc) is 2.71. The van der Waals surface area contributed by atoms with Crippen molar-refractivity contribution in [2.75, 3.05) is 0 Å². The van der Waals surface area contributed by atoms with Gasteiger partial charge in [-0.1, -0.05) is 60.3 Å². The van der Waals surface area contributed by atoms with Gasteiger partial charge in [0, 0.05) is 0 Å². The molecule has 0 saturated carbocycles. The summed E-state index contributed by atoms with van der Waals surface area (Å²) in [6.07, 6.45) is 16.3. The molecule has 0 atom stereocenters. The molecule has 0 unspecified atom stereocenters. The van der Waals surface area contributed by atoms with E-state index in [1.165, 1.54) is 6.04 Å². The Morgan fingerprint density at radius 3 is 2.36 bits per heavy atom. The van der Waals surface area contributed by atoms with Gasteiger partial charge in [0.1, 0.15) is 0 Å². The molecule has 0 saturated heterocycles. The molecule has 0 nitrogen and oxygen atoms in total. The van der Waals surface area contributed by atoms with E-state index in [1.807, 2.05) is 0 Å². The van der Waals surface area contributed by atoms with Crippen molar-refractivity contribution in [2.24, 2.45) is 0 Å². The second-order valence-corrected chi connectivity index (χ2v) is 9.47. The lowest BCUT2D eigenvalue weighted by atomic mass is 10.3. The van der Waals surface area contributed by atoms with Gasteiger partial charge < -0.3 is 0 Å². The minimum atomic E-state index is -1.18. The number of hydrogen-bond acceptors (Lipinski definition) is 0. The summed E-state index contributed by atoms with van der Waals surface area (Å²) >= 11 is 0. The molecule has 0 amide bonds. The lowest BCUT2D eigenvalue weighted by Crippen LogP contribution is -2.27. The Labute approximate surface area is 87.7 Å².